The van der Waals surface area contributed by atoms with E-state index < -0.39 is 11.8 Å². The molecule has 0 spiro atoms. The molecule has 4 aromatic rings. The lowest BCUT2D eigenvalue weighted by atomic mass is 10.1. The molecule has 1 aromatic heterocycles. The van der Waals surface area contributed by atoms with Crippen LogP contribution in [0.5, 0.6) is 0 Å². The zero-order valence-corrected chi connectivity index (χ0v) is 17.5. The number of hydrogen-bond donors (Lipinski definition) is 2. The van der Waals surface area contributed by atoms with Crippen LogP contribution < -0.4 is 10.7 Å². The van der Waals surface area contributed by atoms with Gasteiger partial charge in [0.25, 0.3) is 0 Å². The van der Waals surface area contributed by atoms with Crippen LogP contribution in [-0.4, -0.2) is 27.8 Å². The van der Waals surface area contributed by atoms with Crippen LogP contribution in [0.15, 0.2) is 96.2 Å². The Morgan fingerprint density at radius 1 is 0.875 bits per heavy atom. The van der Waals surface area contributed by atoms with Crippen LogP contribution in [0.1, 0.15) is 5.56 Å². The third kappa shape index (κ3) is 5.08. The molecule has 0 saturated heterocycles. The number of benzene rings is 3. The van der Waals surface area contributed by atoms with Crippen LogP contribution in [0.2, 0.25) is 5.02 Å². The first-order valence-corrected chi connectivity index (χ1v) is 10.1. The molecule has 8 heteroatoms. The fraction of sp³-hybridized carbons (Fsp3) is 0. The third-order valence-corrected chi connectivity index (χ3v) is 4.74. The number of amides is 2. The molecule has 3 aromatic carbocycles. The van der Waals surface area contributed by atoms with Gasteiger partial charge in [-0.15, -0.1) is 0 Å². The van der Waals surface area contributed by atoms with Gasteiger partial charge in [0.05, 0.1) is 11.9 Å². The smallest absolute Gasteiger partial charge is 0.318 e. The number of halogens is 1. The molecular formula is C24H18ClN5O2. The normalized spacial score (nSPS) is 10.8. The second kappa shape index (κ2) is 9.72. The maximum atomic E-state index is 12.1. The predicted octanol–water partition coefficient (Wildman–Crippen LogP) is 4.28. The average molecular weight is 444 g/mol. The van der Waals surface area contributed by atoms with Gasteiger partial charge in [0.15, 0.2) is 0 Å². The number of para-hydroxylation sites is 1. The summed E-state index contributed by atoms with van der Waals surface area (Å²) in [5.74, 6) is -1.74. The van der Waals surface area contributed by atoms with E-state index in [0.29, 0.717) is 22.0 Å². The quantitative estimate of drug-likeness (QED) is 0.274. The van der Waals surface area contributed by atoms with Gasteiger partial charge in [-0.1, -0.05) is 60.1 Å². The zero-order valence-electron chi connectivity index (χ0n) is 16.8. The Morgan fingerprint density at radius 3 is 2.22 bits per heavy atom. The van der Waals surface area contributed by atoms with E-state index in [0.717, 1.165) is 11.3 Å². The van der Waals surface area contributed by atoms with Crippen molar-refractivity contribution >= 4 is 35.3 Å². The van der Waals surface area contributed by atoms with E-state index in [-0.39, 0.29) is 0 Å². The minimum atomic E-state index is -0.895. The van der Waals surface area contributed by atoms with Crippen molar-refractivity contribution in [2.45, 2.75) is 0 Å². The molecule has 0 aliphatic rings. The monoisotopic (exact) mass is 443 g/mol. The first-order chi connectivity index (χ1) is 15.6. The molecule has 0 bridgehead atoms. The van der Waals surface area contributed by atoms with E-state index in [1.807, 2.05) is 60.7 Å². The second-order valence-electron chi connectivity index (χ2n) is 6.74. The van der Waals surface area contributed by atoms with E-state index in [1.54, 1.807) is 35.1 Å². The lowest BCUT2D eigenvalue weighted by Gasteiger charge is -2.03. The summed E-state index contributed by atoms with van der Waals surface area (Å²) in [5, 5.41) is 11.6. The van der Waals surface area contributed by atoms with Crippen molar-refractivity contribution < 1.29 is 9.59 Å². The van der Waals surface area contributed by atoms with Gasteiger partial charge < -0.3 is 5.32 Å². The maximum absolute atomic E-state index is 12.1. The molecular weight excluding hydrogens is 426 g/mol. The summed E-state index contributed by atoms with van der Waals surface area (Å²) in [7, 11) is 0. The molecule has 0 saturated carbocycles. The largest absolute Gasteiger partial charge is 0.329 e. The fourth-order valence-corrected chi connectivity index (χ4v) is 3.07. The van der Waals surface area contributed by atoms with Gasteiger partial charge in [-0.25, -0.2) is 10.1 Å². The summed E-state index contributed by atoms with van der Waals surface area (Å²) >= 11 is 5.82. The summed E-state index contributed by atoms with van der Waals surface area (Å²) in [6.07, 6.45) is 3.27. The number of nitrogens with one attached hydrogen (secondary N) is 2. The SMILES string of the molecule is O=C(NN=Cc1cn(-c2ccccc2)nc1-c1ccccc1)C(=O)Nc1ccc(Cl)cc1. The lowest BCUT2D eigenvalue weighted by Crippen LogP contribution is -2.32. The van der Waals surface area contributed by atoms with Gasteiger partial charge in [0.2, 0.25) is 0 Å². The van der Waals surface area contributed by atoms with Crippen molar-refractivity contribution in [2.24, 2.45) is 5.10 Å². The van der Waals surface area contributed by atoms with Crippen molar-refractivity contribution in [3.8, 4) is 16.9 Å². The lowest BCUT2D eigenvalue weighted by molar-refractivity contribution is -0.136. The summed E-state index contributed by atoms with van der Waals surface area (Å²) in [5.41, 5.74) is 5.85. The Kier molecular flexibility index (Phi) is 6.38. The molecule has 158 valence electrons. The minimum absolute atomic E-state index is 0.453. The van der Waals surface area contributed by atoms with Gasteiger partial charge in [-0.3, -0.25) is 9.59 Å². The fourth-order valence-electron chi connectivity index (χ4n) is 2.95. The Morgan fingerprint density at radius 2 is 1.53 bits per heavy atom. The highest BCUT2D eigenvalue weighted by Crippen LogP contribution is 2.22. The van der Waals surface area contributed by atoms with Crippen LogP contribution in [0.25, 0.3) is 16.9 Å². The first kappa shape index (κ1) is 21.0. The van der Waals surface area contributed by atoms with Crippen molar-refractivity contribution in [1.82, 2.24) is 15.2 Å². The van der Waals surface area contributed by atoms with Gasteiger partial charge in [-0.05, 0) is 36.4 Å². The van der Waals surface area contributed by atoms with Gasteiger partial charge in [0, 0.05) is 28.0 Å². The Balaban J connectivity index is 1.51. The second-order valence-corrected chi connectivity index (χ2v) is 7.18. The molecule has 2 amide bonds. The van der Waals surface area contributed by atoms with Crippen molar-refractivity contribution in [1.29, 1.82) is 0 Å². The van der Waals surface area contributed by atoms with E-state index in [1.165, 1.54) is 6.21 Å². The van der Waals surface area contributed by atoms with Crippen molar-refractivity contribution in [3.63, 3.8) is 0 Å². The zero-order chi connectivity index (χ0) is 22.3. The highest BCUT2D eigenvalue weighted by molar-refractivity contribution is 6.39. The van der Waals surface area contributed by atoms with Crippen molar-refractivity contribution in [3.05, 3.63) is 102 Å². The maximum Gasteiger partial charge on any atom is 0.329 e. The summed E-state index contributed by atoms with van der Waals surface area (Å²) in [4.78, 5) is 24.2. The summed E-state index contributed by atoms with van der Waals surface area (Å²) < 4.78 is 1.73. The standard InChI is InChI=1S/C24H18ClN5O2/c25-19-11-13-20(14-12-19)27-23(31)24(32)28-26-15-18-16-30(21-9-5-2-6-10-21)29-22(18)17-7-3-1-4-8-17/h1-16H,(H,27,31)(H,28,32). The molecule has 0 unspecified atom stereocenters. The first-order valence-electron chi connectivity index (χ1n) is 9.70. The highest BCUT2D eigenvalue weighted by atomic mass is 35.5. The molecule has 4 rings (SSSR count). The van der Waals surface area contributed by atoms with Gasteiger partial charge in [0.1, 0.15) is 5.69 Å². The minimum Gasteiger partial charge on any atom is -0.318 e. The molecule has 7 nitrogen and oxygen atoms in total. The molecule has 0 fully saturated rings. The average Bonchev–Trinajstić information content (AvgIpc) is 3.26. The van der Waals surface area contributed by atoms with Crippen LogP contribution in [0.4, 0.5) is 5.69 Å². The number of aromatic nitrogens is 2. The third-order valence-electron chi connectivity index (χ3n) is 4.49. The number of nitrogens with zero attached hydrogens (tertiary/aromatic N) is 3. The highest BCUT2D eigenvalue weighted by Gasteiger charge is 2.14. The van der Waals surface area contributed by atoms with Gasteiger partial charge in [-0.2, -0.15) is 10.2 Å². The molecule has 0 aliphatic carbocycles. The van der Waals surface area contributed by atoms with E-state index in [9.17, 15) is 9.59 Å². The number of carbonyl (C=O) groups is 2. The Hall–Kier alpha value is -4.23. The van der Waals surface area contributed by atoms with E-state index >= 15 is 0 Å². The van der Waals surface area contributed by atoms with Crippen molar-refractivity contribution in [2.75, 3.05) is 5.32 Å². The van der Waals surface area contributed by atoms with Gasteiger partial charge >= 0.3 is 11.8 Å². The molecule has 0 atom stereocenters. The number of carbonyl (C=O) groups excluding carboxylic acids is 2. The Labute approximate surface area is 189 Å². The summed E-state index contributed by atoms with van der Waals surface area (Å²) in [6.45, 7) is 0. The van der Waals surface area contributed by atoms with E-state index in [4.69, 9.17) is 11.6 Å². The molecule has 32 heavy (non-hydrogen) atoms. The molecule has 0 aliphatic heterocycles. The summed E-state index contributed by atoms with van der Waals surface area (Å²) in [6, 6.07) is 25.7. The van der Waals surface area contributed by atoms with Crippen LogP contribution in [0, 0.1) is 0 Å². The Bertz CT molecular complexity index is 1250. The predicted molar refractivity (Wildman–Crippen MR) is 125 cm³/mol. The van der Waals surface area contributed by atoms with Crippen LogP contribution >= 0.6 is 11.6 Å². The van der Waals surface area contributed by atoms with Crippen LogP contribution in [0.3, 0.4) is 0 Å². The number of hydrazone groups is 1. The number of hydrogen-bond acceptors (Lipinski definition) is 4. The van der Waals surface area contributed by atoms with E-state index in [2.05, 4.69) is 20.9 Å². The van der Waals surface area contributed by atoms with Crippen LogP contribution in [-0.2, 0) is 9.59 Å². The molecule has 0 radical (unpaired) electrons. The number of rotatable bonds is 5. The topological polar surface area (TPSA) is 88.4 Å². The number of anilines is 1. The molecule has 1 heterocycles. The molecule has 2 N–H and O–H groups in total.